The third-order valence-corrected chi connectivity index (χ3v) is 5.48. The Morgan fingerprint density at radius 3 is 2.65 bits per heavy atom. The van der Waals surface area contributed by atoms with Gasteiger partial charge in [0.1, 0.15) is 0 Å². The minimum absolute atomic E-state index is 0.0194. The standard InChI is InChI=1S/C12H14Cl2N2O3S/c13-10-2-1-8(5-11(10)14)15-6-12(17)16-9-3-4-20(18,19)7-9/h1-2,5,9,15H,3-4,6-7H2,(H,16,17). The van der Waals surface area contributed by atoms with Crippen LogP contribution in [0.3, 0.4) is 0 Å². The van der Waals surface area contributed by atoms with Crippen molar-refractivity contribution < 1.29 is 13.2 Å². The summed E-state index contributed by atoms with van der Waals surface area (Å²) < 4.78 is 22.6. The Bertz CT molecular complexity index is 619. The molecule has 1 atom stereocenters. The number of benzene rings is 1. The second kappa shape index (κ2) is 6.20. The van der Waals surface area contributed by atoms with Gasteiger partial charge in [-0.25, -0.2) is 8.42 Å². The lowest BCUT2D eigenvalue weighted by molar-refractivity contribution is -0.119. The van der Waals surface area contributed by atoms with Gasteiger partial charge in [-0.15, -0.1) is 0 Å². The van der Waals surface area contributed by atoms with E-state index in [1.807, 2.05) is 0 Å². The van der Waals surface area contributed by atoms with Crippen molar-refractivity contribution in [1.29, 1.82) is 0 Å². The van der Waals surface area contributed by atoms with Crippen molar-refractivity contribution in [2.75, 3.05) is 23.4 Å². The van der Waals surface area contributed by atoms with Gasteiger partial charge < -0.3 is 10.6 Å². The van der Waals surface area contributed by atoms with Crippen LogP contribution >= 0.6 is 23.2 Å². The number of rotatable bonds is 4. The maximum absolute atomic E-state index is 11.7. The highest BCUT2D eigenvalue weighted by Gasteiger charge is 2.28. The first-order valence-corrected chi connectivity index (χ1v) is 8.62. The molecule has 0 aliphatic carbocycles. The number of hydrogen-bond acceptors (Lipinski definition) is 4. The van der Waals surface area contributed by atoms with E-state index >= 15 is 0 Å². The highest BCUT2D eigenvalue weighted by atomic mass is 35.5. The van der Waals surface area contributed by atoms with Gasteiger partial charge in [0.15, 0.2) is 9.84 Å². The van der Waals surface area contributed by atoms with E-state index in [0.717, 1.165) is 0 Å². The second-order valence-electron chi connectivity index (χ2n) is 4.65. The van der Waals surface area contributed by atoms with Crippen LogP contribution in [0.2, 0.25) is 10.0 Å². The van der Waals surface area contributed by atoms with E-state index in [-0.39, 0.29) is 30.0 Å². The van der Waals surface area contributed by atoms with E-state index in [9.17, 15) is 13.2 Å². The molecule has 8 heteroatoms. The lowest BCUT2D eigenvalue weighted by Gasteiger charge is -2.12. The number of anilines is 1. The Morgan fingerprint density at radius 1 is 1.30 bits per heavy atom. The predicted octanol–water partition coefficient (Wildman–Crippen LogP) is 1.71. The maximum atomic E-state index is 11.7. The quantitative estimate of drug-likeness (QED) is 0.877. The highest BCUT2D eigenvalue weighted by Crippen LogP contribution is 2.24. The van der Waals surface area contributed by atoms with Crippen LogP contribution in [0.25, 0.3) is 0 Å². The fraction of sp³-hybridized carbons (Fsp3) is 0.417. The molecule has 1 heterocycles. The molecular weight excluding hydrogens is 323 g/mol. The Balaban J connectivity index is 1.82. The van der Waals surface area contributed by atoms with E-state index in [2.05, 4.69) is 10.6 Å². The topological polar surface area (TPSA) is 75.3 Å². The van der Waals surface area contributed by atoms with Gasteiger partial charge in [-0.1, -0.05) is 23.2 Å². The molecule has 0 aromatic heterocycles. The molecule has 1 aromatic carbocycles. The first-order chi connectivity index (χ1) is 9.35. The van der Waals surface area contributed by atoms with Crippen LogP contribution in [-0.4, -0.2) is 38.4 Å². The molecule has 2 rings (SSSR count). The van der Waals surface area contributed by atoms with Crippen molar-refractivity contribution in [1.82, 2.24) is 5.32 Å². The summed E-state index contributed by atoms with van der Waals surface area (Å²) in [5.74, 6) is -0.0953. The number of hydrogen-bond donors (Lipinski definition) is 2. The molecule has 0 bridgehead atoms. The Labute approximate surface area is 127 Å². The average molecular weight is 337 g/mol. The molecule has 1 amide bonds. The summed E-state index contributed by atoms with van der Waals surface area (Å²) in [6, 6.07) is 4.68. The van der Waals surface area contributed by atoms with Gasteiger partial charge in [-0.2, -0.15) is 0 Å². The maximum Gasteiger partial charge on any atom is 0.239 e. The largest absolute Gasteiger partial charge is 0.376 e. The number of amides is 1. The van der Waals surface area contributed by atoms with Crippen molar-refractivity contribution in [3.63, 3.8) is 0 Å². The van der Waals surface area contributed by atoms with E-state index in [1.54, 1.807) is 18.2 Å². The zero-order chi connectivity index (χ0) is 14.8. The number of carbonyl (C=O) groups is 1. The zero-order valence-corrected chi connectivity index (χ0v) is 12.9. The molecular formula is C12H14Cl2N2O3S. The summed E-state index contributed by atoms with van der Waals surface area (Å²) in [6.45, 7) is 0.0501. The minimum Gasteiger partial charge on any atom is -0.376 e. The molecule has 2 N–H and O–H groups in total. The molecule has 1 aromatic rings. The van der Waals surface area contributed by atoms with Crippen molar-refractivity contribution in [3.8, 4) is 0 Å². The lowest BCUT2D eigenvalue weighted by atomic mass is 10.2. The normalized spacial score (nSPS) is 20.6. The molecule has 110 valence electrons. The number of carbonyl (C=O) groups excluding carboxylic acids is 1. The van der Waals surface area contributed by atoms with Gasteiger partial charge in [-0.3, -0.25) is 4.79 Å². The first-order valence-electron chi connectivity index (χ1n) is 6.04. The molecule has 20 heavy (non-hydrogen) atoms. The smallest absolute Gasteiger partial charge is 0.239 e. The Kier molecular flexibility index (Phi) is 4.78. The lowest BCUT2D eigenvalue weighted by Crippen LogP contribution is -2.39. The van der Waals surface area contributed by atoms with Crippen LogP contribution in [0.15, 0.2) is 18.2 Å². The fourth-order valence-corrected chi connectivity index (χ4v) is 3.95. The minimum atomic E-state index is -2.99. The van der Waals surface area contributed by atoms with Crippen LogP contribution < -0.4 is 10.6 Å². The Hall–Kier alpha value is -0.980. The van der Waals surface area contributed by atoms with E-state index in [4.69, 9.17) is 23.2 Å². The summed E-state index contributed by atoms with van der Waals surface area (Å²) in [7, 11) is -2.99. The van der Waals surface area contributed by atoms with E-state index in [0.29, 0.717) is 22.2 Å². The fourth-order valence-electron chi connectivity index (χ4n) is 1.98. The number of halogens is 2. The van der Waals surface area contributed by atoms with Gasteiger partial charge in [0.25, 0.3) is 0 Å². The third-order valence-electron chi connectivity index (χ3n) is 2.97. The average Bonchev–Trinajstić information content (AvgIpc) is 2.70. The van der Waals surface area contributed by atoms with Crippen LogP contribution in [0, 0.1) is 0 Å². The molecule has 1 unspecified atom stereocenters. The van der Waals surface area contributed by atoms with Crippen molar-refractivity contribution in [2.24, 2.45) is 0 Å². The van der Waals surface area contributed by atoms with Gasteiger partial charge in [0.2, 0.25) is 5.91 Å². The summed E-state index contributed by atoms with van der Waals surface area (Å²) in [5.41, 5.74) is 0.675. The van der Waals surface area contributed by atoms with Crippen LogP contribution in [0.5, 0.6) is 0 Å². The van der Waals surface area contributed by atoms with Crippen LogP contribution in [0.4, 0.5) is 5.69 Å². The SMILES string of the molecule is O=C(CNc1ccc(Cl)c(Cl)c1)NC1CCS(=O)(=O)C1. The van der Waals surface area contributed by atoms with Crippen molar-refractivity contribution in [3.05, 3.63) is 28.2 Å². The Morgan fingerprint density at radius 2 is 2.05 bits per heavy atom. The molecule has 0 radical (unpaired) electrons. The third kappa shape index (κ3) is 4.26. The second-order valence-corrected chi connectivity index (χ2v) is 7.69. The van der Waals surface area contributed by atoms with Crippen LogP contribution in [-0.2, 0) is 14.6 Å². The van der Waals surface area contributed by atoms with Gasteiger partial charge in [0, 0.05) is 11.7 Å². The summed E-state index contributed by atoms with van der Waals surface area (Å²) >= 11 is 11.6. The molecule has 1 aliphatic rings. The molecule has 1 saturated heterocycles. The van der Waals surface area contributed by atoms with Crippen molar-refractivity contribution in [2.45, 2.75) is 12.5 Å². The molecule has 0 saturated carbocycles. The molecule has 0 spiro atoms. The van der Waals surface area contributed by atoms with Gasteiger partial charge in [-0.05, 0) is 24.6 Å². The van der Waals surface area contributed by atoms with Crippen LogP contribution in [0.1, 0.15) is 6.42 Å². The number of nitrogens with one attached hydrogen (secondary N) is 2. The number of sulfone groups is 1. The van der Waals surface area contributed by atoms with Crippen molar-refractivity contribution >= 4 is 44.6 Å². The summed E-state index contributed by atoms with van der Waals surface area (Å²) in [6.07, 6.45) is 0.473. The first kappa shape index (κ1) is 15.4. The highest BCUT2D eigenvalue weighted by molar-refractivity contribution is 7.91. The van der Waals surface area contributed by atoms with E-state index < -0.39 is 9.84 Å². The molecule has 1 aliphatic heterocycles. The zero-order valence-electron chi connectivity index (χ0n) is 10.5. The van der Waals surface area contributed by atoms with E-state index in [1.165, 1.54) is 0 Å². The summed E-state index contributed by atoms with van der Waals surface area (Å²) in [4.78, 5) is 11.7. The molecule has 5 nitrogen and oxygen atoms in total. The molecule has 1 fully saturated rings. The summed E-state index contributed by atoms with van der Waals surface area (Å²) in [5, 5.41) is 6.44. The predicted molar refractivity (Wildman–Crippen MR) is 80.2 cm³/mol. The van der Waals surface area contributed by atoms with Gasteiger partial charge >= 0.3 is 0 Å². The monoisotopic (exact) mass is 336 g/mol. The van der Waals surface area contributed by atoms with Gasteiger partial charge in [0.05, 0.1) is 28.1 Å².